The first-order valence-electron chi connectivity index (χ1n) is 10.9. The molecule has 1 saturated heterocycles. The molecule has 0 atom stereocenters. The maximum absolute atomic E-state index is 12.7. The first-order valence-corrected chi connectivity index (χ1v) is 10.9. The summed E-state index contributed by atoms with van der Waals surface area (Å²) >= 11 is 0. The topological polar surface area (TPSA) is 70.6 Å². The lowest BCUT2D eigenvalue weighted by atomic mass is 10.0. The van der Waals surface area contributed by atoms with Crippen LogP contribution in [-0.4, -0.2) is 54.2 Å². The third-order valence-corrected chi connectivity index (χ3v) is 5.74. The van der Waals surface area contributed by atoms with Crippen LogP contribution in [0.25, 0.3) is 0 Å². The summed E-state index contributed by atoms with van der Waals surface area (Å²) in [6, 6.07) is 17.7. The van der Waals surface area contributed by atoms with Crippen LogP contribution < -0.4 is 15.0 Å². The maximum Gasteiger partial charge on any atom is 0.321 e. The number of ether oxygens (including phenoxy) is 1. The number of anilines is 2. The Balaban J connectivity index is 1.44. The van der Waals surface area contributed by atoms with Gasteiger partial charge in [-0.05, 0) is 43.7 Å². The molecule has 166 valence electrons. The zero-order valence-corrected chi connectivity index (χ0v) is 18.8. The summed E-state index contributed by atoms with van der Waals surface area (Å²) in [5.74, 6) is 2.52. The predicted molar refractivity (Wildman–Crippen MR) is 127 cm³/mol. The van der Waals surface area contributed by atoms with Gasteiger partial charge in [-0.15, -0.1) is 0 Å². The molecule has 2 heterocycles. The van der Waals surface area contributed by atoms with E-state index in [0.717, 1.165) is 53.8 Å². The van der Waals surface area contributed by atoms with Gasteiger partial charge in [0, 0.05) is 49.5 Å². The number of nitrogens with one attached hydrogen (secondary N) is 1. The minimum Gasteiger partial charge on any atom is -0.497 e. The number of aromatic nitrogens is 2. The minimum atomic E-state index is -0.0885. The number of carbonyl (C=O) groups is 1. The lowest BCUT2D eigenvalue weighted by Crippen LogP contribution is -2.50. The Morgan fingerprint density at radius 1 is 0.969 bits per heavy atom. The van der Waals surface area contributed by atoms with E-state index in [1.807, 2.05) is 42.2 Å². The molecule has 0 spiro atoms. The molecule has 7 heteroatoms. The second-order valence-corrected chi connectivity index (χ2v) is 7.95. The van der Waals surface area contributed by atoms with Crippen LogP contribution in [0, 0.1) is 13.8 Å². The summed E-state index contributed by atoms with van der Waals surface area (Å²) < 4.78 is 5.17. The fraction of sp³-hybridized carbons (Fsp3) is 0.320. The van der Waals surface area contributed by atoms with Crippen LogP contribution >= 0.6 is 0 Å². The van der Waals surface area contributed by atoms with Gasteiger partial charge in [-0.25, -0.2) is 14.8 Å². The summed E-state index contributed by atoms with van der Waals surface area (Å²) in [5, 5.41) is 2.97. The highest BCUT2D eigenvalue weighted by atomic mass is 16.5. The van der Waals surface area contributed by atoms with Crippen molar-refractivity contribution >= 4 is 17.5 Å². The van der Waals surface area contributed by atoms with Crippen molar-refractivity contribution in [2.45, 2.75) is 20.3 Å². The van der Waals surface area contributed by atoms with E-state index >= 15 is 0 Å². The smallest absolute Gasteiger partial charge is 0.321 e. The summed E-state index contributed by atoms with van der Waals surface area (Å²) in [6.07, 6.45) is 0.792. The van der Waals surface area contributed by atoms with Gasteiger partial charge in [0.25, 0.3) is 0 Å². The summed E-state index contributed by atoms with van der Waals surface area (Å²) in [7, 11) is 1.62. The standard InChI is InChI=1S/C25H29N5O2/c1-18-23(17-20-7-5-4-6-8-20)24(27-19(2)26-18)29-13-15-30(16-14-29)25(31)28-21-9-11-22(32-3)12-10-21/h4-12H,13-17H2,1-3H3,(H,28,31). The lowest BCUT2D eigenvalue weighted by Gasteiger charge is -2.36. The number of amides is 2. The molecule has 1 N–H and O–H groups in total. The number of nitrogens with zero attached hydrogens (tertiary/aromatic N) is 4. The molecule has 32 heavy (non-hydrogen) atoms. The molecule has 0 aliphatic carbocycles. The Labute approximate surface area is 189 Å². The zero-order valence-electron chi connectivity index (χ0n) is 18.8. The Morgan fingerprint density at radius 3 is 2.31 bits per heavy atom. The van der Waals surface area contributed by atoms with Crippen LogP contribution in [0.2, 0.25) is 0 Å². The highest BCUT2D eigenvalue weighted by Gasteiger charge is 2.25. The molecule has 1 aliphatic heterocycles. The highest BCUT2D eigenvalue weighted by molar-refractivity contribution is 5.89. The first kappa shape index (κ1) is 21.6. The van der Waals surface area contributed by atoms with Crippen LogP contribution in [0.15, 0.2) is 54.6 Å². The Kier molecular flexibility index (Phi) is 6.54. The molecule has 1 aromatic heterocycles. The lowest BCUT2D eigenvalue weighted by molar-refractivity contribution is 0.208. The van der Waals surface area contributed by atoms with Gasteiger partial charge in [-0.3, -0.25) is 0 Å². The van der Waals surface area contributed by atoms with E-state index in [9.17, 15) is 4.79 Å². The van der Waals surface area contributed by atoms with Crippen molar-refractivity contribution in [3.8, 4) is 5.75 Å². The van der Waals surface area contributed by atoms with Crippen LogP contribution in [0.3, 0.4) is 0 Å². The van der Waals surface area contributed by atoms with Crippen LogP contribution in [0.1, 0.15) is 22.6 Å². The molecule has 0 unspecified atom stereocenters. The van der Waals surface area contributed by atoms with Gasteiger partial charge in [0.05, 0.1) is 7.11 Å². The molecule has 1 fully saturated rings. The fourth-order valence-electron chi connectivity index (χ4n) is 3.98. The Hall–Kier alpha value is -3.61. The Morgan fingerprint density at radius 2 is 1.66 bits per heavy atom. The van der Waals surface area contributed by atoms with Crippen molar-refractivity contribution in [1.82, 2.24) is 14.9 Å². The predicted octanol–water partition coefficient (Wildman–Crippen LogP) is 4.05. The van der Waals surface area contributed by atoms with Crippen LogP contribution in [0.5, 0.6) is 5.75 Å². The number of benzene rings is 2. The third-order valence-electron chi connectivity index (χ3n) is 5.74. The zero-order chi connectivity index (χ0) is 22.5. The molecule has 3 aromatic rings. The number of hydrogen-bond acceptors (Lipinski definition) is 5. The van der Waals surface area contributed by atoms with Crippen molar-refractivity contribution in [3.05, 3.63) is 77.2 Å². The summed E-state index contributed by atoms with van der Waals surface area (Å²) in [4.78, 5) is 26.2. The number of urea groups is 1. The van der Waals surface area contributed by atoms with Gasteiger partial charge in [0.15, 0.2) is 0 Å². The largest absolute Gasteiger partial charge is 0.497 e. The van der Waals surface area contributed by atoms with E-state index in [4.69, 9.17) is 9.72 Å². The van der Waals surface area contributed by atoms with E-state index in [-0.39, 0.29) is 6.03 Å². The summed E-state index contributed by atoms with van der Waals surface area (Å²) in [6.45, 7) is 6.71. The molecule has 7 nitrogen and oxygen atoms in total. The van der Waals surface area contributed by atoms with Gasteiger partial charge >= 0.3 is 6.03 Å². The second-order valence-electron chi connectivity index (χ2n) is 7.95. The van der Waals surface area contributed by atoms with Gasteiger partial charge in [0.2, 0.25) is 0 Å². The number of aryl methyl sites for hydroxylation is 2. The van der Waals surface area contributed by atoms with Gasteiger partial charge < -0.3 is 19.9 Å². The molecular formula is C25H29N5O2. The van der Waals surface area contributed by atoms with Gasteiger partial charge in [-0.1, -0.05) is 30.3 Å². The van der Waals surface area contributed by atoms with Crippen molar-refractivity contribution in [1.29, 1.82) is 0 Å². The van der Waals surface area contributed by atoms with Gasteiger partial charge in [0.1, 0.15) is 17.4 Å². The molecule has 1 aliphatic rings. The minimum absolute atomic E-state index is 0.0885. The Bertz CT molecular complexity index is 1060. The normalized spacial score (nSPS) is 13.7. The number of methoxy groups -OCH3 is 1. The molecular weight excluding hydrogens is 402 g/mol. The van der Waals surface area contributed by atoms with E-state index in [1.54, 1.807) is 7.11 Å². The van der Waals surface area contributed by atoms with Crippen LogP contribution in [-0.2, 0) is 6.42 Å². The molecule has 0 saturated carbocycles. The highest BCUT2D eigenvalue weighted by Crippen LogP contribution is 2.25. The second kappa shape index (κ2) is 9.68. The average Bonchev–Trinajstić information content (AvgIpc) is 2.82. The van der Waals surface area contributed by atoms with E-state index in [0.29, 0.717) is 13.1 Å². The SMILES string of the molecule is COc1ccc(NC(=O)N2CCN(c3nc(C)nc(C)c3Cc3ccccc3)CC2)cc1. The molecule has 0 bridgehead atoms. The quantitative estimate of drug-likeness (QED) is 0.660. The average molecular weight is 432 g/mol. The monoisotopic (exact) mass is 431 g/mol. The van der Waals surface area contributed by atoms with E-state index < -0.39 is 0 Å². The number of rotatable bonds is 5. The van der Waals surface area contributed by atoms with Crippen LogP contribution in [0.4, 0.5) is 16.3 Å². The van der Waals surface area contributed by atoms with Crippen molar-refractivity contribution in [2.24, 2.45) is 0 Å². The van der Waals surface area contributed by atoms with E-state index in [1.165, 1.54) is 5.56 Å². The third kappa shape index (κ3) is 4.99. The first-order chi connectivity index (χ1) is 15.5. The van der Waals surface area contributed by atoms with Crippen molar-refractivity contribution < 1.29 is 9.53 Å². The van der Waals surface area contributed by atoms with Gasteiger partial charge in [-0.2, -0.15) is 0 Å². The number of hydrogen-bond donors (Lipinski definition) is 1. The summed E-state index contributed by atoms with van der Waals surface area (Å²) in [5.41, 5.74) is 4.15. The maximum atomic E-state index is 12.7. The number of piperazine rings is 1. The molecule has 4 rings (SSSR count). The fourth-order valence-corrected chi connectivity index (χ4v) is 3.98. The van der Waals surface area contributed by atoms with Crippen molar-refractivity contribution in [3.63, 3.8) is 0 Å². The van der Waals surface area contributed by atoms with E-state index in [2.05, 4.69) is 46.4 Å². The molecule has 2 aromatic carbocycles. The molecule has 0 radical (unpaired) electrons. The molecule has 2 amide bonds. The number of carbonyl (C=O) groups excluding carboxylic acids is 1. The van der Waals surface area contributed by atoms with Crippen molar-refractivity contribution in [2.75, 3.05) is 43.5 Å².